The average molecular weight is 306 g/mol. The molecule has 0 saturated carbocycles. The Morgan fingerprint density at radius 3 is 2.52 bits per heavy atom. The number of aryl methyl sites for hydroxylation is 2. The van der Waals surface area contributed by atoms with Crippen molar-refractivity contribution in [3.8, 4) is 0 Å². The highest BCUT2D eigenvalue weighted by atomic mass is 35.5. The second kappa shape index (κ2) is 8.20. The van der Waals surface area contributed by atoms with Crippen LogP contribution < -0.4 is 0 Å². The number of benzene rings is 1. The van der Waals surface area contributed by atoms with Crippen LogP contribution in [-0.2, 0) is 26.1 Å². The quantitative estimate of drug-likeness (QED) is 0.693. The van der Waals surface area contributed by atoms with Gasteiger partial charge in [0, 0.05) is 32.1 Å². The number of halogens is 1. The molecule has 0 aliphatic carbocycles. The predicted molar refractivity (Wildman–Crippen MR) is 88.6 cm³/mol. The van der Waals surface area contributed by atoms with Crippen molar-refractivity contribution in [1.82, 2.24) is 14.7 Å². The highest BCUT2D eigenvalue weighted by molar-refractivity contribution is 6.18. The molecule has 1 aromatic carbocycles. The molecule has 0 N–H and O–H groups in total. The molecule has 0 atom stereocenters. The third kappa shape index (κ3) is 4.58. The predicted octanol–water partition coefficient (Wildman–Crippen LogP) is 3.71. The molecule has 3 nitrogen and oxygen atoms in total. The molecule has 2 rings (SSSR count). The van der Waals surface area contributed by atoms with Crippen LogP contribution >= 0.6 is 11.6 Å². The van der Waals surface area contributed by atoms with Gasteiger partial charge in [0.05, 0.1) is 11.4 Å². The second-order valence-electron chi connectivity index (χ2n) is 5.18. The zero-order valence-electron chi connectivity index (χ0n) is 12.9. The number of aromatic nitrogens is 2. The normalized spacial score (nSPS) is 11.2. The lowest BCUT2D eigenvalue weighted by Crippen LogP contribution is -2.26. The lowest BCUT2D eigenvalue weighted by molar-refractivity contribution is 0.264. The van der Waals surface area contributed by atoms with Crippen LogP contribution in [0.3, 0.4) is 0 Å². The van der Waals surface area contributed by atoms with Crippen LogP contribution in [0, 0.1) is 0 Å². The third-order valence-corrected chi connectivity index (χ3v) is 3.78. The molecule has 0 bridgehead atoms. The minimum Gasteiger partial charge on any atom is -0.292 e. The van der Waals surface area contributed by atoms with Crippen LogP contribution in [0.5, 0.6) is 0 Å². The van der Waals surface area contributed by atoms with Gasteiger partial charge in [-0.2, -0.15) is 5.10 Å². The number of rotatable bonds is 8. The van der Waals surface area contributed by atoms with Crippen molar-refractivity contribution in [3.63, 3.8) is 0 Å². The van der Waals surface area contributed by atoms with Crippen LogP contribution in [0.2, 0.25) is 0 Å². The van der Waals surface area contributed by atoms with E-state index < -0.39 is 0 Å². The second-order valence-corrected chi connectivity index (χ2v) is 5.56. The Kier molecular flexibility index (Phi) is 6.27. The first-order valence-corrected chi connectivity index (χ1v) is 8.18. The molecule has 0 fully saturated rings. The Bertz CT molecular complexity index is 536. The molecule has 0 aliphatic rings. The van der Waals surface area contributed by atoms with E-state index in [0.717, 1.165) is 38.3 Å². The lowest BCUT2D eigenvalue weighted by Gasteiger charge is -2.21. The van der Waals surface area contributed by atoms with Crippen molar-refractivity contribution in [2.45, 2.75) is 39.9 Å². The van der Waals surface area contributed by atoms with E-state index in [0.29, 0.717) is 5.88 Å². The van der Waals surface area contributed by atoms with Crippen molar-refractivity contribution in [1.29, 1.82) is 0 Å². The Balaban J connectivity index is 2.10. The first-order chi connectivity index (χ1) is 10.3. The number of hydrogen-bond donors (Lipinski definition) is 0. The van der Waals surface area contributed by atoms with Gasteiger partial charge in [-0.3, -0.25) is 9.58 Å². The molecule has 0 amide bonds. The Morgan fingerprint density at radius 1 is 1.14 bits per heavy atom. The summed E-state index contributed by atoms with van der Waals surface area (Å²) < 4.78 is 2.10. The summed E-state index contributed by atoms with van der Waals surface area (Å²) >= 11 is 5.97. The van der Waals surface area contributed by atoms with Crippen LogP contribution in [-0.4, -0.2) is 27.1 Å². The summed E-state index contributed by atoms with van der Waals surface area (Å²) in [6, 6.07) is 12.8. The third-order valence-electron chi connectivity index (χ3n) is 3.61. The Labute approximate surface area is 132 Å². The lowest BCUT2D eigenvalue weighted by atomic mass is 10.2. The molecule has 0 aliphatic heterocycles. The monoisotopic (exact) mass is 305 g/mol. The van der Waals surface area contributed by atoms with Gasteiger partial charge in [0.25, 0.3) is 0 Å². The van der Waals surface area contributed by atoms with E-state index in [-0.39, 0.29) is 0 Å². The SMILES string of the molecule is CCc1cc(CN(CCCl)Cc2ccccc2)n(CC)n1. The van der Waals surface area contributed by atoms with Crippen molar-refractivity contribution in [2.75, 3.05) is 12.4 Å². The standard InChI is InChI=1S/C17H24ClN3/c1-3-16-12-17(21(4-2)19-16)14-20(11-10-18)13-15-8-6-5-7-9-15/h5-9,12H,3-4,10-11,13-14H2,1-2H3. The molecule has 0 saturated heterocycles. The maximum atomic E-state index is 5.97. The number of hydrogen-bond acceptors (Lipinski definition) is 2. The fraction of sp³-hybridized carbons (Fsp3) is 0.471. The minimum absolute atomic E-state index is 0.647. The fourth-order valence-corrected chi connectivity index (χ4v) is 2.73. The molecular weight excluding hydrogens is 282 g/mol. The van der Waals surface area contributed by atoms with E-state index in [2.05, 4.69) is 64.9 Å². The van der Waals surface area contributed by atoms with Crippen LogP contribution in [0.15, 0.2) is 36.4 Å². The average Bonchev–Trinajstić information content (AvgIpc) is 2.90. The van der Waals surface area contributed by atoms with Gasteiger partial charge in [0.15, 0.2) is 0 Å². The van der Waals surface area contributed by atoms with Gasteiger partial charge in [-0.25, -0.2) is 0 Å². The van der Waals surface area contributed by atoms with E-state index in [1.807, 2.05) is 0 Å². The summed E-state index contributed by atoms with van der Waals surface area (Å²) in [5.74, 6) is 0.647. The van der Waals surface area contributed by atoms with Gasteiger partial charge in [0.2, 0.25) is 0 Å². The zero-order valence-corrected chi connectivity index (χ0v) is 13.7. The van der Waals surface area contributed by atoms with Crippen molar-refractivity contribution >= 4 is 11.6 Å². The maximum absolute atomic E-state index is 5.97. The summed E-state index contributed by atoms with van der Waals surface area (Å²) in [4.78, 5) is 2.38. The van der Waals surface area contributed by atoms with E-state index in [9.17, 15) is 0 Å². The molecule has 1 heterocycles. The van der Waals surface area contributed by atoms with Gasteiger partial charge in [-0.05, 0) is 25.0 Å². The van der Waals surface area contributed by atoms with Gasteiger partial charge in [-0.15, -0.1) is 11.6 Å². The van der Waals surface area contributed by atoms with E-state index in [1.165, 1.54) is 11.3 Å². The zero-order chi connectivity index (χ0) is 15.1. The van der Waals surface area contributed by atoms with Gasteiger partial charge >= 0.3 is 0 Å². The molecule has 2 aromatic rings. The topological polar surface area (TPSA) is 21.1 Å². The molecule has 0 spiro atoms. The van der Waals surface area contributed by atoms with E-state index in [1.54, 1.807) is 0 Å². The van der Waals surface area contributed by atoms with Crippen molar-refractivity contribution in [2.24, 2.45) is 0 Å². The number of nitrogens with zero attached hydrogens (tertiary/aromatic N) is 3. The van der Waals surface area contributed by atoms with Gasteiger partial charge in [0.1, 0.15) is 0 Å². The largest absolute Gasteiger partial charge is 0.292 e. The van der Waals surface area contributed by atoms with Crippen molar-refractivity contribution < 1.29 is 0 Å². The molecule has 1 aromatic heterocycles. The van der Waals surface area contributed by atoms with Crippen molar-refractivity contribution in [3.05, 3.63) is 53.3 Å². The first-order valence-electron chi connectivity index (χ1n) is 7.64. The molecule has 0 radical (unpaired) electrons. The highest BCUT2D eigenvalue weighted by Crippen LogP contribution is 2.12. The minimum atomic E-state index is 0.647. The number of alkyl halides is 1. The Hall–Kier alpha value is -1.32. The molecular formula is C17H24ClN3. The summed E-state index contributed by atoms with van der Waals surface area (Å²) in [6.45, 7) is 7.89. The molecule has 21 heavy (non-hydrogen) atoms. The van der Waals surface area contributed by atoms with Crippen LogP contribution in [0.4, 0.5) is 0 Å². The van der Waals surface area contributed by atoms with Crippen LogP contribution in [0.1, 0.15) is 30.8 Å². The Morgan fingerprint density at radius 2 is 1.90 bits per heavy atom. The summed E-state index contributed by atoms with van der Waals surface area (Å²) in [5, 5.41) is 4.62. The van der Waals surface area contributed by atoms with Gasteiger partial charge < -0.3 is 0 Å². The summed E-state index contributed by atoms with van der Waals surface area (Å²) in [5.41, 5.74) is 3.76. The van der Waals surface area contributed by atoms with E-state index in [4.69, 9.17) is 11.6 Å². The van der Waals surface area contributed by atoms with E-state index >= 15 is 0 Å². The molecule has 4 heteroatoms. The smallest absolute Gasteiger partial charge is 0.0625 e. The van der Waals surface area contributed by atoms with Gasteiger partial charge in [-0.1, -0.05) is 37.3 Å². The highest BCUT2D eigenvalue weighted by Gasteiger charge is 2.11. The summed E-state index contributed by atoms with van der Waals surface area (Å²) in [7, 11) is 0. The fourth-order valence-electron chi connectivity index (χ4n) is 2.49. The molecule has 114 valence electrons. The first kappa shape index (κ1) is 16.1. The summed E-state index contributed by atoms with van der Waals surface area (Å²) in [6.07, 6.45) is 0.980. The van der Waals surface area contributed by atoms with Crippen LogP contribution in [0.25, 0.3) is 0 Å². The maximum Gasteiger partial charge on any atom is 0.0625 e. The molecule has 0 unspecified atom stereocenters.